The molecule has 1 atom stereocenters. The molecule has 2 aromatic carbocycles. The first kappa shape index (κ1) is 15.2. The molecule has 0 fully saturated rings. The number of carbonyl (C=O) groups excluding carboxylic acids is 1. The maximum Gasteiger partial charge on any atom is 0.251 e. The third-order valence-corrected chi connectivity index (χ3v) is 3.45. The molecular formula is C17H18FNO2. The molecule has 2 aromatic rings. The molecule has 4 heteroatoms. The van der Waals surface area contributed by atoms with Gasteiger partial charge in [-0.1, -0.05) is 30.3 Å². The summed E-state index contributed by atoms with van der Waals surface area (Å²) in [7, 11) is 0. The fraction of sp³-hybridized carbons (Fsp3) is 0.235. The predicted molar refractivity (Wildman–Crippen MR) is 79.6 cm³/mol. The van der Waals surface area contributed by atoms with Gasteiger partial charge in [0.2, 0.25) is 0 Å². The Morgan fingerprint density at radius 3 is 2.62 bits per heavy atom. The minimum atomic E-state index is -0.788. The molecule has 0 saturated carbocycles. The third kappa shape index (κ3) is 3.67. The standard InChI is InChI=1S/C17H18FNO2/c1-11-5-3-4-6-14(11)16(20)10-19-17(21)15-9-13(18)8-7-12(15)2/h3-9,16,20H,10H2,1-2H3,(H,19,21). The van der Waals surface area contributed by atoms with Gasteiger partial charge in [-0.3, -0.25) is 4.79 Å². The largest absolute Gasteiger partial charge is 0.387 e. The predicted octanol–water partition coefficient (Wildman–Crippen LogP) is 2.91. The molecule has 1 amide bonds. The molecule has 2 rings (SSSR count). The molecule has 0 bridgehead atoms. The average molecular weight is 287 g/mol. The van der Waals surface area contributed by atoms with Gasteiger partial charge >= 0.3 is 0 Å². The second kappa shape index (κ2) is 6.50. The van der Waals surface area contributed by atoms with Crippen molar-refractivity contribution in [1.82, 2.24) is 5.32 Å². The highest BCUT2D eigenvalue weighted by atomic mass is 19.1. The summed E-state index contributed by atoms with van der Waals surface area (Å²) in [4.78, 5) is 12.0. The quantitative estimate of drug-likeness (QED) is 0.908. The Balaban J connectivity index is 2.04. The maximum absolute atomic E-state index is 13.2. The van der Waals surface area contributed by atoms with Crippen LogP contribution in [-0.2, 0) is 0 Å². The van der Waals surface area contributed by atoms with Crippen molar-refractivity contribution in [3.63, 3.8) is 0 Å². The summed E-state index contributed by atoms with van der Waals surface area (Å²) in [5.74, 6) is -0.843. The van der Waals surface area contributed by atoms with Gasteiger partial charge in [0.05, 0.1) is 6.10 Å². The van der Waals surface area contributed by atoms with E-state index in [9.17, 15) is 14.3 Å². The minimum Gasteiger partial charge on any atom is -0.387 e. The van der Waals surface area contributed by atoms with Gasteiger partial charge in [0.25, 0.3) is 5.91 Å². The van der Waals surface area contributed by atoms with Crippen LogP contribution >= 0.6 is 0 Å². The SMILES string of the molecule is Cc1ccc(F)cc1C(=O)NCC(O)c1ccccc1C. The fourth-order valence-corrected chi connectivity index (χ4v) is 2.19. The summed E-state index contributed by atoms with van der Waals surface area (Å²) in [5, 5.41) is 12.8. The second-order valence-electron chi connectivity index (χ2n) is 5.04. The van der Waals surface area contributed by atoms with Crippen LogP contribution in [0.25, 0.3) is 0 Å². The van der Waals surface area contributed by atoms with Crippen LogP contribution in [0.5, 0.6) is 0 Å². The Hall–Kier alpha value is -2.20. The van der Waals surface area contributed by atoms with E-state index in [0.717, 1.165) is 11.1 Å². The van der Waals surface area contributed by atoms with Crippen LogP contribution in [0, 0.1) is 19.7 Å². The van der Waals surface area contributed by atoms with E-state index in [4.69, 9.17) is 0 Å². The zero-order valence-corrected chi connectivity index (χ0v) is 12.1. The van der Waals surface area contributed by atoms with Crippen molar-refractivity contribution in [3.05, 3.63) is 70.5 Å². The van der Waals surface area contributed by atoms with E-state index < -0.39 is 11.9 Å². The highest BCUT2D eigenvalue weighted by Gasteiger charge is 2.14. The lowest BCUT2D eigenvalue weighted by Crippen LogP contribution is -2.29. The molecule has 0 aromatic heterocycles. The van der Waals surface area contributed by atoms with Crippen LogP contribution in [0.15, 0.2) is 42.5 Å². The number of aliphatic hydroxyl groups excluding tert-OH is 1. The summed E-state index contributed by atoms with van der Waals surface area (Å²) in [5.41, 5.74) is 2.71. The Kier molecular flexibility index (Phi) is 4.70. The van der Waals surface area contributed by atoms with E-state index in [1.807, 2.05) is 31.2 Å². The van der Waals surface area contributed by atoms with E-state index in [-0.39, 0.29) is 18.0 Å². The first-order valence-electron chi connectivity index (χ1n) is 6.77. The summed E-state index contributed by atoms with van der Waals surface area (Å²) < 4.78 is 13.2. The fourth-order valence-electron chi connectivity index (χ4n) is 2.19. The van der Waals surface area contributed by atoms with E-state index in [1.165, 1.54) is 12.1 Å². The molecule has 2 N–H and O–H groups in total. The Labute approximate surface area is 123 Å². The lowest BCUT2D eigenvalue weighted by atomic mass is 10.0. The second-order valence-corrected chi connectivity index (χ2v) is 5.04. The topological polar surface area (TPSA) is 49.3 Å². The molecule has 21 heavy (non-hydrogen) atoms. The average Bonchev–Trinajstić information content (AvgIpc) is 2.47. The van der Waals surface area contributed by atoms with Crippen molar-refractivity contribution in [3.8, 4) is 0 Å². The van der Waals surface area contributed by atoms with Crippen LogP contribution in [0.2, 0.25) is 0 Å². The van der Waals surface area contributed by atoms with Crippen molar-refractivity contribution in [2.45, 2.75) is 20.0 Å². The lowest BCUT2D eigenvalue weighted by molar-refractivity contribution is 0.0915. The van der Waals surface area contributed by atoms with Gasteiger partial charge in [-0.2, -0.15) is 0 Å². The zero-order chi connectivity index (χ0) is 15.4. The zero-order valence-electron chi connectivity index (χ0n) is 12.1. The van der Waals surface area contributed by atoms with E-state index in [1.54, 1.807) is 13.0 Å². The van der Waals surface area contributed by atoms with E-state index in [2.05, 4.69) is 5.32 Å². The monoisotopic (exact) mass is 287 g/mol. The molecule has 0 heterocycles. The molecule has 0 radical (unpaired) electrons. The van der Waals surface area contributed by atoms with Gasteiger partial charge in [-0.15, -0.1) is 0 Å². The van der Waals surface area contributed by atoms with E-state index >= 15 is 0 Å². The number of halogens is 1. The molecule has 0 saturated heterocycles. The summed E-state index contributed by atoms with van der Waals surface area (Å²) >= 11 is 0. The lowest BCUT2D eigenvalue weighted by Gasteiger charge is -2.15. The highest BCUT2D eigenvalue weighted by Crippen LogP contribution is 2.17. The van der Waals surface area contributed by atoms with Gasteiger partial charge in [0, 0.05) is 12.1 Å². The van der Waals surface area contributed by atoms with Crippen LogP contribution in [-0.4, -0.2) is 17.6 Å². The van der Waals surface area contributed by atoms with Crippen molar-refractivity contribution in [1.29, 1.82) is 0 Å². The maximum atomic E-state index is 13.2. The van der Waals surface area contributed by atoms with Crippen LogP contribution in [0.3, 0.4) is 0 Å². The molecule has 0 aliphatic heterocycles. The number of carbonyl (C=O) groups is 1. The first-order valence-corrected chi connectivity index (χ1v) is 6.77. The summed E-state index contributed by atoms with van der Waals surface area (Å²) in [6.45, 7) is 3.73. The molecule has 0 spiro atoms. The van der Waals surface area contributed by atoms with Gasteiger partial charge in [0.1, 0.15) is 5.82 Å². The molecule has 110 valence electrons. The number of hydrogen-bond acceptors (Lipinski definition) is 2. The summed E-state index contributed by atoms with van der Waals surface area (Å²) in [6.07, 6.45) is -0.788. The molecular weight excluding hydrogens is 269 g/mol. The molecule has 3 nitrogen and oxygen atoms in total. The first-order chi connectivity index (χ1) is 9.99. The summed E-state index contributed by atoms with van der Waals surface area (Å²) in [6, 6.07) is 11.5. The van der Waals surface area contributed by atoms with E-state index in [0.29, 0.717) is 5.56 Å². The van der Waals surface area contributed by atoms with Gasteiger partial charge in [-0.25, -0.2) is 4.39 Å². The number of aryl methyl sites for hydroxylation is 2. The number of nitrogens with one attached hydrogen (secondary N) is 1. The number of rotatable bonds is 4. The van der Waals surface area contributed by atoms with Crippen LogP contribution in [0.1, 0.15) is 33.2 Å². The number of aliphatic hydroxyl groups is 1. The van der Waals surface area contributed by atoms with Crippen molar-refractivity contribution < 1.29 is 14.3 Å². The van der Waals surface area contributed by atoms with Gasteiger partial charge in [0.15, 0.2) is 0 Å². The van der Waals surface area contributed by atoms with Crippen molar-refractivity contribution in [2.24, 2.45) is 0 Å². The minimum absolute atomic E-state index is 0.0830. The Morgan fingerprint density at radius 2 is 1.90 bits per heavy atom. The van der Waals surface area contributed by atoms with Crippen molar-refractivity contribution in [2.75, 3.05) is 6.54 Å². The number of hydrogen-bond donors (Lipinski definition) is 2. The third-order valence-electron chi connectivity index (χ3n) is 3.45. The van der Waals surface area contributed by atoms with Crippen LogP contribution < -0.4 is 5.32 Å². The molecule has 0 aliphatic carbocycles. The van der Waals surface area contributed by atoms with Gasteiger partial charge < -0.3 is 10.4 Å². The van der Waals surface area contributed by atoms with Gasteiger partial charge in [-0.05, 0) is 42.7 Å². The highest BCUT2D eigenvalue weighted by molar-refractivity contribution is 5.95. The number of amides is 1. The Bertz CT molecular complexity index is 655. The normalized spacial score (nSPS) is 12.0. The molecule has 0 aliphatic rings. The smallest absolute Gasteiger partial charge is 0.251 e. The van der Waals surface area contributed by atoms with Crippen molar-refractivity contribution >= 4 is 5.91 Å². The molecule has 1 unspecified atom stereocenters. The Morgan fingerprint density at radius 1 is 1.19 bits per heavy atom. The number of benzene rings is 2. The van der Waals surface area contributed by atoms with Crippen LogP contribution in [0.4, 0.5) is 4.39 Å².